The molecule has 1 aliphatic rings. The van der Waals surface area contributed by atoms with Gasteiger partial charge in [-0.3, -0.25) is 14.4 Å². The molecule has 1 aromatic carbocycles. The van der Waals surface area contributed by atoms with Crippen molar-refractivity contribution in [3.63, 3.8) is 0 Å². The van der Waals surface area contributed by atoms with Crippen LogP contribution < -0.4 is 10.6 Å². The number of nitrogens with zero attached hydrogens (tertiary/aromatic N) is 1. The first kappa shape index (κ1) is 25.4. The van der Waals surface area contributed by atoms with Gasteiger partial charge in [0.05, 0.1) is 6.54 Å². The molecule has 1 heterocycles. The van der Waals surface area contributed by atoms with Gasteiger partial charge in [0.2, 0.25) is 11.8 Å². The molecule has 0 atom stereocenters. The number of carbonyl (C=O) groups is 4. The number of Topliss-reactive ketones (excluding diaryl/α,β-unsaturated/α-hetero) is 1. The predicted octanol–water partition coefficient (Wildman–Crippen LogP) is 2.84. The van der Waals surface area contributed by atoms with E-state index < -0.39 is 11.7 Å². The largest absolute Gasteiger partial charge is 0.444 e. The summed E-state index contributed by atoms with van der Waals surface area (Å²) < 4.78 is 5.09. The highest BCUT2D eigenvalue weighted by atomic mass is 16.6. The highest BCUT2D eigenvalue weighted by Gasteiger charge is 2.24. The van der Waals surface area contributed by atoms with Crippen molar-refractivity contribution < 1.29 is 23.9 Å². The molecule has 3 amide bonds. The van der Waals surface area contributed by atoms with Crippen molar-refractivity contribution >= 4 is 23.7 Å². The number of nitrogens with one attached hydrogen (secondary N) is 2. The Labute approximate surface area is 190 Å². The number of likely N-dealkylation sites (tertiary alicyclic amines) is 1. The molecule has 0 spiro atoms. The van der Waals surface area contributed by atoms with Gasteiger partial charge in [-0.25, -0.2) is 4.79 Å². The molecule has 1 fully saturated rings. The van der Waals surface area contributed by atoms with Crippen LogP contribution in [-0.2, 0) is 14.3 Å². The minimum absolute atomic E-state index is 0.00509. The van der Waals surface area contributed by atoms with Crippen molar-refractivity contribution in [2.45, 2.75) is 59.0 Å². The summed E-state index contributed by atoms with van der Waals surface area (Å²) in [6.07, 6.45) is 1.38. The van der Waals surface area contributed by atoms with Gasteiger partial charge in [0, 0.05) is 38.0 Å². The van der Waals surface area contributed by atoms with Gasteiger partial charge in [-0.1, -0.05) is 29.8 Å². The number of benzene rings is 1. The van der Waals surface area contributed by atoms with Gasteiger partial charge in [-0.15, -0.1) is 0 Å². The zero-order valence-electron chi connectivity index (χ0n) is 19.5. The molecule has 1 saturated heterocycles. The van der Waals surface area contributed by atoms with Crippen molar-refractivity contribution in [1.29, 1.82) is 0 Å². The minimum Gasteiger partial charge on any atom is -0.444 e. The number of rotatable bonds is 8. The molecule has 0 unspecified atom stereocenters. The Morgan fingerprint density at radius 3 is 2.22 bits per heavy atom. The average Bonchev–Trinajstić information content (AvgIpc) is 2.74. The zero-order valence-corrected chi connectivity index (χ0v) is 19.5. The summed E-state index contributed by atoms with van der Waals surface area (Å²) in [4.78, 5) is 50.0. The molecule has 1 aliphatic heterocycles. The van der Waals surface area contributed by atoms with Gasteiger partial charge in [0.15, 0.2) is 5.78 Å². The van der Waals surface area contributed by atoms with Crippen molar-refractivity contribution in [3.05, 3.63) is 35.4 Å². The second kappa shape index (κ2) is 11.6. The second-order valence-electron chi connectivity index (χ2n) is 9.27. The summed E-state index contributed by atoms with van der Waals surface area (Å²) in [6.45, 7) is 8.84. The Kier molecular flexibility index (Phi) is 9.23. The molecular formula is C24H35N3O5. The Hall–Kier alpha value is -2.90. The van der Waals surface area contributed by atoms with E-state index in [1.54, 1.807) is 37.8 Å². The Bertz CT molecular complexity index is 806. The summed E-state index contributed by atoms with van der Waals surface area (Å²) in [7, 11) is 0. The third-order valence-electron chi connectivity index (χ3n) is 5.29. The second-order valence-corrected chi connectivity index (χ2v) is 9.27. The summed E-state index contributed by atoms with van der Waals surface area (Å²) >= 11 is 0. The standard InChI is InChI=1S/C24H35N3O5/c1-17-5-7-19(8-6-17)20(28)9-10-22(30)27-13-11-18(12-14-27)15-25-21(29)16-26-23(31)32-24(2,3)4/h5-8,18H,9-16H2,1-4H3,(H,25,29)(H,26,31). The zero-order chi connectivity index (χ0) is 23.7. The minimum atomic E-state index is -0.625. The van der Waals surface area contributed by atoms with Crippen molar-refractivity contribution in [3.8, 4) is 0 Å². The number of carbonyl (C=O) groups excluding carboxylic acids is 4. The van der Waals surface area contributed by atoms with Crippen molar-refractivity contribution in [2.75, 3.05) is 26.2 Å². The van der Waals surface area contributed by atoms with Crippen LogP contribution in [0.15, 0.2) is 24.3 Å². The molecule has 0 aromatic heterocycles. The van der Waals surface area contributed by atoms with Gasteiger partial charge < -0.3 is 20.3 Å². The van der Waals surface area contributed by atoms with E-state index in [1.165, 1.54) is 0 Å². The SMILES string of the molecule is Cc1ccc(C(=O)CCC(=O)N2CCC(CNC(=O)CNC(=O)OC(C)(C)C)CC2)cc1. The molecule has 8 heteroatoms. The third kappa shape index (κ3) is 9.08. The van der Waals surface area contributed by atoms with Crippen LogP contribution in [0.3, 0.4) is 0 Å². The van der Waals surface area contributed by atoms with Crippen LogP contribution in [0.5, 0.6) is 0 Å². The van der Waals surface area contributed by atoms with Gasteiger partial charge in [-0.2, -0.15) is 0 Å². The van der Waals surface area contributed by atoms with Crippen molar-refractivity contribution in [2.24, 2.45) is 5.92 Å². The van der Waals surface area contributed by atoms with Crippen LogP contribution in [-0.4, -0.2) is 60.4 Å². The lowest BCUT2D eigenvalue weighted by Gasteiger charge is -2.32. The number of hydrogen-bond donors (Lipinski definition) is 2. The smallest absolute Gasteiger partial charge is 0.408 e. The number of ketones is 1. The van der Waals surface area contributed by atoms with E-state index in [-0.39, 0.29) is 42.9 Å². The number of ether oxygens (including phenoxy) is 1. The first-order valence-electron chi connectivity index (χ1n) is 11.1. The maximum atomic E-state index is 12.5. The first-order valence-corrected chi connectivity index (χ1v) is 11.1. The van der Waals surface area contributed by atoms with E-state index in [4.69, 9.17) is 4.74 Å². The quantitative estimate of drug-likeness (QED) is 0.599. The molecule has 8 nitrogen and oxygen atoms in total. The fourth-order valence-electron chi connectivity index (χ4n) is 3.44. The van der Waals surface area contributed by atoms with Gasteiger partial charge in [-0.05, 0) is 46.5 Å². The van der Waals surface area contributed by atoms with E-state index in [1.807, 2.05) is 19.1 Å². The van der Waals surface area contributed by atoms with Gasteiger partial charge in [0.25, 0.3) is 0 Å². The van der Waals surface area contributed by atoms with Crippen molar-refractivity contribution in [1.82, 2.24) is 15.5 Å². The highest BCUT2D eigenvalue weighted by molar-refractivity contribution is 5.98. The molecular weight excluding hydrogens is 410 g/mol. The fraction of sp³-hybridized carbons (Fsp3) is 0.583. The van der Waals surface area contributed by atoms with Crippen LogP contribution in [0.1, 0.15) is 62.4 Å². The molecule has 2 N–H and O–H groups in total. The molecule has 1 aromatic rings. The van der Waals surface area contributed by atoms with Gasteiger partial charge in [0.1, 0.15) is 5.60 Å². The topological polar surface area (TPSA) is 105 Å². The monoisotopic (exact) mass is 445 g/mol. The number of piperidine rings is 1. The van der Waals surface area contributed by atoms with E-state index in [0.29, 0.717) is 25.2 Å². The van der Waals surface area contributed by atoms with Crippen LogP contribution in [0.2, 0.25) is 0 Å². The Morgan fingerprint density at radius 1 is 1.00 bits per heavy atom. The van der Waals surface area contributed by atoms with E-state index in [9.17, 15) is 19.2 Å². The van der Waals surface area contributed by atoms with Crippen LogP contribution in [0, 0.1) is 12.8 Å². The normalized spacial score (nSPS) is 14.6. The number of alkyl carbamates (subject to hydrolysis) is 1. The lowest BCUT2D eigenvalue weighted by molar-refractivity contribution is -0.132. The maximum absolute atomic E-state index is 12.5. The molecule has 0 bridgehead atoms. The molecule has 176 valence electrons. The molecule has 0 saturated carbocycles. The van der Waals surface area contributed by atoms with Crippen LogP contribution in [0.4, 0.5) is 4.79 Å². The van der Waals surface area contributed by atoms with Gasteiger partial charge >= 0.3 is 6.09 Å². The molecule has 32 heavy (non-hydrogen) atoms. The van der Waals surface area contributed by atoms with Crippen LogP contribution >= 0.6 is 0 Å². The average molecular weight is 446 g/mol. The summed E-state index contributed by atoms with van der Waals surface area (Å²) in [5.41, 5.74) is 1.12. The van der Waals surface area contributed by atoms with E-state index in [0.717, 1.165) is 18.4 Å². The summed E-state index contributed by atoms with van der Waals surface area (Å²) in [5, 5.41) is 5.25. The Balaban J connectivity index is 1.62. The summed E-state index contributed by atoms with van der Waals surface area (Å²) in [6, 6.07) is 7.38. The fourth-order valence-corrected chi connectivity index (χ4v) is 3.44. The first-order chi connectivity index (χ1) is 15.0. The number of amides is 3. The lowest BCUT2D eigenvalue weighted by atomic mass is 9.96. The molecule has 2 rings (SSSR count). The third-order valence-corrected chi connectivity index (χ3v) is 5.29. The Morgan fingerprint density at radius 2 is 1.62 bits per heavy atom. The number of hydrogen-bond acceptors (Lipinski definition) is 5. The summed E-state index contributed by atoms with van der Waals surface area (Å²) in [5.74, 6) is -0.0202. The predicted molar refractivity (Wildman–Crippen MR) is 121 cm³/mol. The number of aryl methyl sites for hydroxylation is 1. The van der Waals surface area contributed by atoms with E-state index >= 15 is 0 Å². The highest BCUT2D eigenvalue weighted by Crippen LogP contribution is 2.18. The molecule has 0 radical (unpaired) electrons. The van der Waals surface area contributed by atoms with Crippen LogP contribution in [0.25, 0.3) is 0 Å². The lowest BCUT2D eigenvalue weighted by Crippen LogP contribution is -2.44. The van der Waals surface area contributed by atoms with E-state index in [2.05, 4.69) is 10.6 Å². The molecule has 0 aliphatic carbocycles. The maximum Gasteiger partial charge on any atom is 0.408 e.